The number of nitrogens with two attached hydrogens (primary N) is 1. The van der Waals surface area contributed by atoms with Gasteiger partial charge in [-0.05, 0) is 37.0 Å². The van der Waals surface area contributed by atoms with Crippen molar-refractivity contribution in [1.29, 1.82) is 0 Å². The van der Waals surface area contributed by atoms with Gasteiger partial charge in [-0.1, -0.05) is 27.2 Å². The summed E-state index contributed by atoms with van der Waals surface area (Å²) in [4.78, 5) is 12.4. The van der Waals surface area contributed by atoms with Gasteiger partial charge in [-0.25, -0.2) is 0 Å². The summed E-state index contributed by atoms with van der Waals surface area (Å²) in [6, 6.07) is 5.22. The van der Waals surface area contributed by atoms with Crippen LogP contribution < -0.4 is 20.5 Å². The molecule has 0 fully saturated rings. The predicted octanol–water partition coefficient (Wildman–Crippen LogP) is 3.40. The number of hydrogen-bond acceptors (Lipinski definition) is 4. The van der Waals surface area contributed by atoms with Crippen molar-refractivity contribution in [2.24, 2.45) is 11.7 Å². The van der Waals surface area contributed by atoms with Gasteiger partial charge in [0.05, 0.1) is 13.7 Å². The number of hydrogen-bond donors (Lipinski definition) is 2. The number of unbranched alkanes of at least 4 members (excludes halogenated alkanes) is 1. The van der Waals surface area contributed by atoms with Crippen molar-refractivity contribution in [3.05, 3.63) is 23.8 Å². The van der Waals surface area contributed by atoms with Crippen molar-refractivity contribution < 1.29 is 14.3 Å². The Bertz CT molecular complexity index is 495. The maximum atomic E-state index is 12.4. The molecule has 0 spiro atoms. The van der Waals surface area contributed by atoms with Gasteiger partial charge in [0, 0.05) is 18.2 Å². The number of nitrogens with one attached hydrogen (secondary N) is 1. The largest absolute Gasteiger partial charge is 0.493 e. The second-order valence-corrected chi connectivity index (χ2v) is 6.10. The van der Waals surface area contributed by atoms with E-state index >= 15 is 0 Å². The molecule has 5 nitrogen and oxygen atoms in total. The molecule has 1 rings (SSSR count). The molecular weight excluding hydrogens is 328 g/mol. The van der Waals surface area contributed by atoms with Gasteiger partial charge >= 0.3 is 0 Å². The summed E-state index contributed by atoms with van der Waals surface area (Å²) in [6.45, 7) is 7.40. The first-order chi connectivity index (χ1) is 11.0. The number of methoxy groups -OCH3 is 1. The van der Waals surface area contributed by atoms with Crippen LogP contribution in [0.3, 0.4) is 0 Å². The van der Waals surface area contributed by atoms with Crippen LogP contribution in [0.1, 0.15) is 50.4 Å². The third-order valence-electron chi connectivity index (χ3n) is 3.56. The maximum absolute atomic E-state index is 12.4. The van der Waals surface area contributed by atoms with Gasteiger partial charge in [-0.15, -0.1) is 12.4 Å². The molecule has 1 atom stereocenters. The molecule has 0 bridgehead atoms. The summed E-state index contributed by atoms with van der Waals surface area (Å²) in [6.07, 6.45) is 2.91. The fourth-order valence-corrected chi connectivity index (χ4v) is 2.31. The summed E-state index contributed by atoms with van der Waals surface area (Å²) >= 11 is 0. The summed E-state index contributed by atoms with van der Waals surface area (Å²) in [5, 5.41) is 2.98. The molecule has 0 heterocycles. The van der Waals surface area contributed by atoms with Crippen molar-refractivity contribution in [2.75, 3.05) is 20.3 Å². The Labute approximate surface area is 151 Å². The predicted molar refractivity (Wildman–Crippen MR) is 100 cm³/mol. The van der Waals surface area contributed by atoms with Crippen LogP contribution in [0, 0.1) is 5.92 Å². The highest BCUT2D eigenvalue weighted by Crippen LogP contribution is 2.28. The molecule has 1 aromatic rings. The SMILES string of the molecule is CCCCOc1ccc(C(=O)NC(CN)CC(C)C)cc1OC.Cl. The van der Waals surface area contributed by atoms with Crippen molar-refractivity contribution in [1.82, 2.24) is 5.32 Å². The number of carbonyl (C=O) groups excluding carboxylic acids is 1. The number of benzene rings is 1. The van der Waals surface area contributed by atoms with E-state index in [2.05, 4.69) is 26.1 Å². The van der Waals surface area contributed by atoms with Gasteiger partial charge in [0.25, 0.3) is 5.91 Å². The van der Waals surface area contributed by atoms with E-state index in [4.69, 9.17) is 15.2 Å². The maximum Gasteiger partial charge on any atom is 0.251 e. The second-order valence-electron chi connectivity index (χ2n) is 6.10. The lowest BCUT2D eigenvalue weighted by Crippen LogP contribution is -2.41. The van der Waals surface area contributed by atoms with Crippen molar-refractivity contribution in [3.8, 4) is 11.5 Å². The zero-order valence-corrected chi connectivity index (χ0v) is 15.9. The lowest BCUT2D eigenvalue weighted by Gasteiger charge is -2.19. The molecule has 24 heavy (non-hydrogen) atoms. The third-order valence-corrected chi connectivity index (χ3v) is 3.56. The summed E-state index contributed by atoms with van der Waals surface area (Å²) in [5.41, 5.74) is 6.28. The smallest absolute Gasteiger partial charge is 0.251 e. The van der Waals surface area contributed by atoms with Crippen molar-refractivity contribution >= 4 is 18.3 Å². The normalized spacial score (nSPS) is 11.6. The summed E-state index contributed by atoms with van der Waals surface area (Å²) in [7, 11) is 1.57. The first-order valence-electron chi connectivity index (χ1n) is 8.33. The van der Waals surface area contributed by atoms with Crippen molar-refractivity contribution in [2.45, 2.75) is 46.1 Å². The van der Waals surface area contributed by atoms with Crippen LogP contribution in [0.5, 0.6) is 11.5 Å². The summed E-state index contributed by atoms with van der Waals surface area (Å²) in [5.74, 6) is 1.57. The molecule has 0 aliphatic carbocycles. The van der Waals surface area contributed by atoms with E-state index in [1.807, 2.05) is 0 Å². The molecule has 1 amide bonds. The van der Waals surface area contributed by atoms with Crippen LogP contribution >= 0.6 is 12.4 Å². The molecule has 1 unspecified atom stereocenters. The van der Waals surface area contributed by atoms with E-state index in [9.17, 15) is 4.79 Å². The minimum atomic E-state index is -0.139. The van der Waals surface area contributed by atoms with Crippen molar-refractivity contribution in [3.63, 3.8) is 0 Å². The van der Waals surface area contributed by atoms with Crippen LogP contribution in [-0.4, -0.2) is 32.2 Å². The zero-order chi connectivity index (χ0) is 17.2. The number of rotatable bonds is 10. The van der Waals surface area contributed by atoms with E-state index < -0.39 is 0 Å². The van der Waals surface area contributed by atoms with Gasteiger partial charge < -0.3 is 20.5 Å². The Morgan fingerprint density at radius 1 is 1.29 bits per heavy atom. The van der Waals surface area contributed by atoms with Gasteiger partial charge in [-0.3, -0.25) is 4.79 Å². The molecule has 0 aliphatic heterocycles. The topological polar surface area (TPSA) is 73.6 Å². The zero-order valence-electron chi connectivity index (χ0n) is 15.1. The Hall–Kier alpha value is -1.46. The fraction of sp³-hybridized carbons (Fsp3) is 0.611. The van der Waals surface area contributed by atoms with Crippen LogP contribution in [0.25, 0.3) is 0 Å². The van der Waals surface area contributed by atoms with E-state index in [0.717, 1.165) is 19.3 Å². The minimum absolute atomic E-state index is 0. The van der Waals surface area contributed by atoms with E-state index in [1.165, 1.54) is 0 Å². The molecule has 0 saturated carbocycles. The van der Waals surface area contributed by atoms with Crippen LogP contribution in [0.15, 0.2) is 18.2 Å². The van der Waals surface area contributed by atoms with Gasteiger partial charge in [0.1, 0.15) is 0 Å². The first-order valence-corrected chi connectivity index (χ1v) is 8.33. The standard InChI is InChI=1S/C18H30N2O3.ClH/c1-5-6-9-23-16-8-7-14(11-17(16)22-4)18(21)20-15(12-19)10-13(2)3;/h7-8,11,13,15H,5-6,9-10,12,19H2,1-4H3,(H,20,21);1H. The quantitative estimate of drug-likeness (QED) is 0.629. The van der Waals surface area contributed by atoms with Gasteiger partial charge in [0.2, 0.25) is 0 Å². The lowest BCUT2D eigenvalue weighted by atomic mass is 10.0. The number of amides is 1. The third kappa shape index (κ3) is 7.41. The van der Waals surface area contributed by atoms with Crippen LogP contribution in [-0.2, 0) is 0 Å². The molecule has 0 radical (unpaired) electrons. The highest BCUT2D eigenvalue weighted by Gasteiger charge is 2.16. The highest BCUT2D eigenvalue weighted by molar-refractivity contribution is 5.95. The molecule has 0 aromatic heterocycles. The Morgan fingerprint density at radius 3 is 2.54 bits per heavy atom. The van der Waals surface area contributed by atoms with Gasteiger partial charge in [0.15, 0.2) is 11.5 Å². The Kier molecular flexibility index (Phi) is 11.3. The molecule has 6 heteroatoms. The molecule has 0 saturated heterocycles. The summed E-state index contributed by atoms with van der Waals surface area (Å²) < 4.78 is 11.0. The van der Waals surface area contributed by atoms with Gasteiger partial charge in [-0.2, -0.15) is 0 Å². The number of ether oxygens (including phenoxy) is 2. The Morgan fingerprint density at radius 2 is 2.00 bits per heavy atom. The minimum Gasteiger partial charge on any atom is -0.493 e. The van der Waals surface area contributed by atoms with E-state index in [0.29, 0.717) is 36.1 Å². The fourth-order valence-electron chi connectivity index (χ4n) is 2.31. The lowest BCUT2D eigenvalue weighted by molar-refractivity contribution is 0.0933. The van der Waals surface area contributed by atoms with E-state index in [1.54, 1.807) is 25.3 Å². The molecule has 1 aromatic carbocycles. The first kappa shape index (κ1) is 22.5. The molecule has 0 aliphatic rings. The number of halogens is 1. The molecule has 138 valence electrons. The van der Waals surface area contributed by atoms with Crippen LogP contribution in [0.2, 0.25) is 0 Å². The Balaban J connectivity index is 0.00000529. The average molecular weight is 359 g/mol. The molecule has 3 N–H and O–H groups in total. The number of carbonyl (C=O) groups is 1. The monoisotopic (exact) mass is 358 g/mol. The second kappa shape index (κ2) is 12.0. The average Bonchev–Trinajstić information content (AvgIpc) is 2.54. The highest BCUT2D eigenvalue weighted by atomic mass is 35.5. The molecular formula is C18H31ClN2O3. The van der Waals surface area contributed by atoms with Crippen LogP contribution in [0.4, 0.5) is 0 Å². The van der Waals surface area contributed by atoms with E-state index in [-0.39, 0.29) is 24.4 Å².